The maximum absolute atomic E-state index is 11.6. The molecule has 0 saturated heterocycles. The number of hydrogen-bond acceptors (Lipinski definition) is 3. The Morgan fingerprint density at radius 3 is 2.70 bits per heavy atom. The summed E-state index contributed by atoms with van der Waals surface area (Å²) in [5, 5.41) is 5.97. The van der Waals surface area contributed by atoms with Gasteiger partial charge in [0.25, 0.3) is 0 Å². The lowest BCUT2D eigenvalue weighted by atomic mass is 10.1. The highest BCUT2D eigenvalue weighted by molar-refractivity contribution is 5.85. The summed E-state index contributed by atoms with van der Waals surface area (Å²) < 4.78 is 5.32. The quantitative estimate of drug-likeness (QED) is 0.723. The molecule has 0 aliphatic rings. The van der Waals surface area contributed by atoms with E-state index in [9.17, 15) is 4.79 Å². The first-order chi connectivity index (χ1) is 9.17. The number of amides is 1. The maximum atomic E-state index is 11.6. The Morgan fingerprint density at radius 2 is 2.05 bits per heavy atom. The number of carbonyl (C=O) groups is 1. The van der Waals surface area contributed by atoms with E-state index < -0.39 is 0 Å². The van der Waals surface area contributed by atoms with E-state index in [0.717, 1.165) is 30.7 Å². The summed E-state index contributed by atoms with van der Waals surface area (Å²) in [7, 11) is 3.56. The highest BCUT2D eigenvalue weighted by Crippen LogP contribution is 2.19. The molecule has 0 radical (unpaired) electrons. The molecule has 1 aromatic rings. The molecule has 0 spiro atoms. The molecule has 2 N–H and O–H groups in total. The molecule has 4 nitrogen and oxygen atoms in total. The van der Waals surface area contributed by atoms with Gasteiger partial charge in [0.05, 0.1) is 7.11 Å². The summed E-state index contributed by atoms with van der Waals surface area (Å²) in [6, 6.07) is 6.10. The average Bonchev–Trinajstić information content (AvgIpc) is 2.39. The molecule has 1 rings (SSSR count). The van der Waals surface area contributed by atoms with E-state index in [0.29, 0.717) is 13.0 Å². The lowest BCUT2D eigenvalue weighted by Crippen LogP contribution is -2.26. The van der Waals surface area contributed by atoms with E-state index in [4.69, 9.17) is 4.74 Å². The predicted octanol–water partition coefficient (Wildman–Crippen LogP) is 2.08. The van der Waals surface area contributed by atoms with Gasteiger partial charge in [0.1, 0.15) is 5.75 Å². The van der Waals surface area contributed by atoms with Crippen molar-refractivity contribution in [3.63, 3.8) is 0 Å². The lowest BCUT2D eigenvalue weighted by molar-refractivity contribution is -0.121. The first-order valence-corrected chi connectivity index (χ1v) is 6.72. The van der Waals surface area contributed by atoms with Crippen LogP contribution in [0.25, 0.3) is 0 Å². The molecule has 114 valence electrons. The van der Waals surface area contributed by atoms with Crippen LogP contribution in [0.4, 0.5) is 0 Å². The van der Waals surface area contributed by atoms with Gasteiger partial charge in [-0.05, 0) is 45.0 Å². The van der Waals surface area contributed by atoms with Gasteiger partial charge in [-0.25, -0.2) is 0 Å². The molecule has 1 aromatic carbocycles. The van der Waals surface area contributed by atoms with Crippen LogP contribution in [0.3, 0.4) is 0 Å². The molecular formula is C15H25ClN2O2. The van der Waals surface area contributed by atoms with E-state index in [1.807, 2.05) is 19.2 Å². The molecule has 0 aliphatic heterocycles. The zero-order chi connectivity index (χ0) is 14.1. The van der Waals surface area contributed by atoms with Crippen molar-refractivity contribution < 1.29 is 9.53 Å². The summed E-state index contributed by atoms with van der Waals surface area (Å²) in [6.45, 7) is 3.58. The summed E-state index contributed by atoms with van der Waals surface area (Å²) >= 11 is 0. The van der Waals surface area contributed by atoms with Crippen LogP contribution in [0.2, 0.25) is 0 Å². The summed E-state index contributed by atoms with van der Waals surface area (Å²) in [6.07, 6.45) is 2.24. The van der Waals surface area contributed by atoms with Crippen molar-refractivity contribution in [2.75, 3.05) is 27.2 Å². The minimum Gasteiger partial charge on any atom is -0.496 e. The fourth-order valence-electron chi connectivity index (χ4n) is 1.95. The molecule has 0 heterocycles. The zero-order valence-electron chi connectivity index (χ0n) is 12.5. The minimum absolute atomic E-state index is 0. The standard InChI is InChI=1S/C15H24N2O2.ClH/c1-12-6-7-14(19-3)13(11-12)8-10-17-15(18)5-4-9-16-2;/h6-7,11,16H,4-5,8-10H2,1-3H3,(H,17,18);1H. The Morgan fingerprint density at radius 1 is 1.30 bits per heavy atom. The number of nitrogens with one attached hydrogen (secondary N) is 2. The number of hydrogen-bond donors (Lipinski definition) is 2. The van der Waals surface area contributed by atoms with E-state index in [2.05, 4.69) is 23.6 Å². The smallest absolute Gasteiger partial charge is 0.220 e. The van der Waals surface area contributed by atoms with Crippen molar-refractivity contribution in [2.45, 2.75) is 26.2 Å². The Kier molecular flexibility index (Phi) is 9.86. The molecule has 20 heavy (non-hydrogen) atoms. The molecule has 0 aromatic heterocycles. The first-order valence-electron chi connectivity index (χ1n) is 6.72. The SMILES string of the molecule is CNCCCC(=O)NCCc1cc(C)ccc1OC.Cl. The largest absolute Gasteiger partial charge is 0.496 e. The molecule has 0 fully saturated rings. The molecule has 0 unspecified atom stereocenters. The number of aryl methyl sites for hydroxylation is 1. The maximum Gasteiger partial charge on any atom is 0.220 e. The molecular weight excluding hydrogens is 276 g/mol. The molecule has 0 atom stereocenters. The monoisotopic (exact) mass is 300 g/mol. The topological polar surface area (TPSA) is 50.4 Å². The van der Waals surface area contributed by atoms with Crippen molar-refractivity contribution in [3.05, 3.63) is 29.3 Å². The van der Waals surface area contributed by atoms with Crippen LogP contribution in [0, 0.1) is 6.92 Å². The Bertz CT molecular complexity index is 411. The van der Waals surface area contributed by atoms with Gasteiger partial charge < -0.3 is 15.4 Å². The van der Waals surface area contributed by atoms with E-state index in [-0.39, 0.29) is 18.3 Å². The number of ether oxygens (including phenoxy) is 1. The number of halogens is 1. The summed E-state index contributed by atoms with van der Waals surface area (Å²) in [5.74, 6) is 0.997. The molecule has 0 aliphatic carbocycles. The zero-order valence-corrected chi connectivity index (χ0v) is 13.3. The second kappa shape index (κ2) is 10.5. The van der Waals surface area contributed by atoms with Crippen LogP contribution in [0.1, 0.15) is 24.0 Å². The van der Waals surface area contributed by atoms with Gasteiger partial charge in [-0.15, -0.1) is 12.4 Å². The molecule has 5 heteroatoms. The van der Waals surface area contributed by atoms with Crippen molar-refractivity contribution >= 4 is 18.3 Å². The van der Waals surface area contributed by atoms with E-state index in [1.165, 1.54) is 5.56 Å². The van der Waals surface area contributed by atoms with Gasteiger partial charge >= 0.3 is 0 Å². The number of rotatable bonds is 8. The van der Waals surface area contributed by atoms with Gasteiger partial charge in [-0.3, -0.25) is 4.79 Å². The van der Waals surface area contributed by atoms with Crippen LogP contribution < -0.4 is 15.4 Å². The van der Waals surface area contributed by atoms with Gasteiger partial charge in [0.2, 0.25) is 5.91 Å². The average molecular weight is 301 g/mol. The Labute approximate surface area is 127 Å². The third-order valence-corrected chi connectivity index (χ3v) is 2.98. The van der Waals surface area contributed by atoms with Crippen LogP contribution in [0.5, 0.6) is 5.75 Å². The Hall–Kier alpha value is -1.26. The van der Waals surface area contributed by atoms with Crippen LogP contribution in [-0.4, -0.2) is 33.2 Å². The van der Waals surface area contributed by atoms with E-state index in [1.54, 1.807) is 7.11 Å². The number of benzene rings is 1. The normalized spacial score (nSPS) is 9.75. The minimum atomic E-state index is 0. The van der Waals surface area contributed by atoms with Gasteiger partial charge in [0.15, 0.2) is 0 Å². The second-order valence-electron chi connectivity index (χ2n) is 4.62. The predicted molar refractivity (Wildman–Crippen MR) is 84.9 cm³/mol. The van der Waals surface area contributed by atoms with Gasteiger partial charge in [-0.2, -0.15) is 0 Å². The summed E-state index contributed by atoms with van der Waals surface area (Å²) in [4.78, 5) is 11.6. The van der Waals surface area contributed by atoms with Gasteiger partial charge in [-0.1, -0.05) is 17.7 Å². The fourth-order valence-corrected chi connectivity index (χ4v) is 1.95. The van der Waals surface area contributed by atoms with Crippen LogP contribution >= 0.6 is 12.4 Å². The van der Waals surface area contributed by atoms with Crippen molar-refractivity contribution in [1.29, 1.82) is 0 Å². The highest BCUT2D eigenvalue weighted by Gasteiger charge is 2.04. The van der Waals surface area contributed by atoms with Gasteiger partial charge in [0, 0.05) is 13.0 Å². The van der Waals surface area contributed by atoms with Crippen molar-refractivity contribution in [3.8, 4) is 5.75 Å². The third kappa shape index (κ3) is 6.78. The van der Waals surface area contributed by atoms with Crippen LogP contribution in [-0.2, 0) is 11.2 Å². The first kappa shape index (κ1) is 18.7. The van der Waals surface area contributed by atoms with E-state index >= 15 is 0 Å². The molecule has 1 amide bonds. The second-order valence-corrected chi connectivity index (χ2v) is 4.62. The molecule has 0 saturated carbocycles. The van der Waals surface area contributed by atoms with Crippen LogP contribution in [0.15, 0.2) is 18.2 Å². The number of carbonyl (C=O) groups excluding carboxylic acids is 1. The highest BCUT2D eigenvalue weighted by atomic mass is 35.5. The fraction of sp³-hybridized carbons (Fsp3) is 0.533. The molecule has 0 bridgehead atoms. The van der Waals surface area contributed by atoms with Crippen molar-refractivity contribution in [2.24, 2.45) is 0 Å². The lowest BCUT2D eigenvalue weighted by Gasteiger charge is -2.10. The van der Waals surface area contributed by atoms with Crippen molar-refractivity contribution in [1.82, 2.24) is 10.6 Å². The third-order valence-electron chi connectivity index (χ3n) is 2.98. The summed E-state index contributed by atoms with van der Waals surface area (Å²) in [5.41, 5.74) is 2.34. The Balaban J connectivity index is 0.00000361. The number of methoxy groups -OCH3 is 1.